The van der Waals surface area contributed by atoms with E-state index in [-0.39, 0.29) is 11.7 Å². The third-order valence-corrected chi connectivity index (χ3v) is 5.06. The Labute approximate surface area is 132 Å². The van der Waals surface area contributed by atoms with Gasteiger partial charge < -0.3 is 10.1 Å². The van der Waals surface area contributed by atoms with E-state index in [1.807, 2.05) is 6.07 Å². The number of halogens is 3. The van der Waals surface area contributed by atoms with E-state index in [0.29, 0.717) is 32.5 Å². The second-order valence-electron chi connectivity index (χ2n) is 5.71. The number of hydrogen-bond acceptors (Lipinski definition) is 2. The van der Waals surface area contributed by atoms with Crippen molar-refractivity contribution in [3.63, 3.8) is 0 Å². The van der Waals surface area contributed by atoms with Crippen LogP contribution in [0, 0.1) is 11.7 Å². The number of ether oxygens (including phenoxy) is 1. The Morgan fingerprint density at radius 1 is 1.33 bits per heavy atom. The standard InChI is InChI=1S/C15H16Cl2FNO2/c16-15(17)9-12(15)13(20)19-14(4-6-21-7-5-14)10-2-1-3-11(18)8-10/h1-3,8,12H,4-7,9H2,(H,19,20)/t12-/m1/s1. The molecule has 0 spiro atoms. The van der Waals surface area contributed by atoms with E-state index in [1.165, 1.54) is 12.1 Å². The van der Waals surface area contributed by atoms with Crippen molar-refractivity contribution >= 4 is 29.1 Å². The Kier molecular flexibility index (Phi) is 3.89. The fourth-order valence-corrected chi connectivity index (χ4v) is 3.32. The van der Waals surface area contributed by atoms with Crippen molar-refractivity contribution in [1.82, 2.24) is 5.32 Å². The molecule has 3 nitrogen and oxygen atoms in total. The largest absolute Gasteiger partial charge is 0.381 e. The number of nitrogens with one attached hydrogen (secondary N) is 1. The first-order valence-electron chi connectivity index (χ1n) is 6.97. The molecule has 1 atom stereocenters. The first-order valence-corrected chi connectivity index (χ1v) is 7.72. The summed E-state index contributed by atoms with van der Waals surface area (Å²) < 4.78 is 18.0. The summed E-state index contributed by atoms with van der Waals surface area (Å²) in [5.74, 6) is -0.886. The van der Waals surface area contributed by atoms with Crippen LogP contribution < -0.4 is 5.32 Å². The third-order valence-electron chi connectivity index (χ3n) is 4.23. The molecule has 0 aromatic heterocycles. The number of alkyl halides is 2. The predicted octanol–water partition coefficient (Wildman–Crippen LogP) is 3.14. The molecule has 1 aromatic rings. The van der Waals surface area contributed by atoms with E-state index in [2.05, 4.69) is 5.32 Å². The smallest absolute Gasteiger partial charge is 0.226 e. The number of benzene rings is 1. The lowest BCUT2D eigenvalue weighted by Crippen LogP contribution is -2.50. The maximum absolute atomic E-state index is 13.5. The van der Waals surface area contributed by atoms with E-state index >= 15 is 0 Å². The van der Waals surface area contributed by atoms with Gasteiger partial charge in [0.1, 0.15) is 10.2 Å². The molecule has 1 saturated heterocycles. The van der Waals surface area contributed by atoms with E-state index in [0.717, 1.165) is 5.56 Å². The summed E-state index contributed by atoms with van der Waals surface area (Å²) in [6.45, 7) is 1.04. The molecule has 1 aliphatic heterocycles. The van der Waals surface area contributed by atoms with Gasteiger partial charge in [0.25, 0.3) is 0 Å². The van der Waals surface area contributed by atoms with Gasteiger partial charge in [-0.15, -0.1) is 23.2 Å². The molecule has 1 N–H and O–H groups in total. The quantitative estimate of drug-likeness (QED) is 0.864. The highest BCUT2D eigenvalue weighted by atomic mass is 35.5. The molecule has 1 saturated carbocycles. The molecule has 2 aliphatic rings. The molecule has 2 fully saturated rings. The van der Waals surface area contributed by atoms with Crippen LogP contribution in [0.15, 0.2) is 24.3 Å². The Morgan fingerprint density at radius 2 is 2.00 bits per heavy atom. The topological polar surface area (TPSA) is 38.3 Å². The van der Waals surface area contributed by atoms with Gasteiger partial charge in [-0.05, 0) is 37.0 Å². The highest BCUT2D eigenvalue weighted by Crippen LogP contribution is 2.53. The van der Waals surface area contributed by atoms with Crippen LogP contribution in [0.4, 0.5) is 4.39 Å². The molecule has 0 radical (unpaired) electrons. The molecule has 1 aromatic carbocycles. The predicted molar refractivity (Wildman–Crippen MR) is 78.8 cm³/mol. The molecule has 1 aliphatic carbocycles. The number of carbonyl (C=O) groups is 1. The van der Waals surface area contributed by atoms with Gasteiger partial charge in [-0.3, -0.25) is 4.79 Å². The summed E-state index contributed by atoms with van der Waals surface area (Å²) in [7, 11) is 0. The molecule has 6 heteroatoms. The van der Waals surface area contributed by atoms with Crippen LogP contribution in [0.2, 0.25) is 0 Å². The van der Waals surface area contributed by atoms with Crippen LogP contribution in [0.5, 0.6) is 0 Å². The maximum Gasteiger partial charge on any atom is 0.226 e. The lowest BCUT2D eigenvalue weighted by molar-refractivity contribution is -0.125. The zero-order valence-corrected chi connectivity index (χ0v) is 12.9. The number of rotatable bonds is 3. The first-order chi connectivity index (χ1) is 9.93. The molecule has 3 rings (SSSR count). The van der Waals surface area contributed by atoms with Gasteiger partial charge in [0.2, 0.25) is 5.91 Å². The number of carbonyl (C=O) groups excluding carboxylic acids is 1. The molecule has 114 valence electrons. The van der Waals surface area contributed by atoms with Crippen molar-refractivity contribution in [3.8, 4) is 0 Å². The van der Waals surface area contributed by atoms with Crippen LogP contribution in [-0.2, 0) is 15.1 Å². The van der Waals surface area contributed by atoms with Gasteiger partial charge in [-0.25, -0.2) is 4.39 Å². The van der Waals surface area contributed by atoms with Crippen molar-refractivity contribution in [2.45, 2.75) is 29.1 Å². The van der Waals surface area contributed by atoms with Gasteiger partial charge in [0.15, 0.2) is 0 Å². The Hall–Kier alpha value is -0.840. The first kappa shape index (κ1) is 15.1. The molecule has 1 heterocycles. The maximum atomic E-state index is 13.5. The van der Waals surface area contributed by atoms with Gasteiger partial charge in [-0.2, -0.15) is 0 Å². The van der Waals surface area contributed by atoms with Gasteiger partial charge in [-0.1, -0.05) is 12.1 Å². The zero-order valence-electron chi connectivity index (χ0n) is 11.4. The Morgan fingerprint density at radius 3 is 2.57 bits per heavy atom. The van der Waals surface area contributed by atoms with Crippen molar-refractivity contribution in [2.24, 2.45) is 5.92 Å². The Bertz CT molecular complexity index is 558. The van der Waals surface area contributed by atoms with Crippen molar-refractivity contribution in [1.29, 1.82) is 0 Å². The van der Waals surface area contributed by atoms with E-state index in [9.17, 15) is 9.18 Å². The van der Waals surface area contributed by atoms with Gasteiger partial charge in [0, 0.05) is 13.2 Å². The number of hydrogen-bond donors (Lipinski definition) is 1. The summed E-state index contributed by atoms with van der Waals surface area (Å²) in [5, 5.41) is 3.04. The molecule has 21 heavy (non-hydrogen) atoms. The summed E-state index contributed by atoms with van der Waals surface area (Å²) >= 11 is 11.9. The highest BCUT2D eigenvalue weighted by Gasteiger charge is 2.57. The normalized spacial score (nSPS) is 26.1. The monoisotopic (exact) mass is 331 g/mol. The molecular formula is C15H16Cl2FNO2. The zero-order chi connectivity index (χ0) is 15.1. The second kappa shape index (κ2) is 5.41. The lowest BCUT2D eigenvalue weighted by atomic mass is 9.82. The number of amides is 1. The van der Waals surface area contributed by atoms with E-state index in [1.54, 1.807) is 6.07 Å². The van der Waals surface area contributed by atoms with Crippen LogP contribution in [0.25, 0.3) is 0 Å². The highest BCUT2D eigenvalue weighted by molar-refractivity contribution is 6.52. The lowest BCUT2D eigenvalue weighted by Gasteiger charge is -2.38. The SMILES string of the molecule is O=C(NC1(c2cccc(F)c2)CCOCC1)[C@H]1CC1(Cl)Cl. The minimum atomic E-state index is -0.960. The molecular weight excluding hydrogens is 316 g/mol. The summed E-state index contributed by atoms with van der Waals surface area (Å²) in [6, 6.07) is 6.34. The molecule has 0 unspecified atom stereocenters. The minimum Gasteiger partial charge on any atom is -0.381 e. The Balaban J connectivity index is 1.85. The van der Waals surface area contributed by atoms with Crippen LogP contribution >= 0.6 is 23.2 Å². The van der Waals surface area contributed by atoms with Gasteiger partial charge >= 0.3 is 0 Å². The van der Waals surface area contributed by atoms with Crippen molar-refractivity contribution in [2.75, 3.05) is 13.2 Å². The van der Waals surface area contributed by atoms with Crippen LogP contribution in [-0.4, -0.2) is 23.5 Å². The fourth-order valence-electron chi connectivity index (χ4n) is 2.81. The third kappa shape index (κ3) is 3.03. The average Bonchev–Trinajstić information content (AvgIpc) is 3.09. The van der Waals surface area contributed by atoms with Crippen molar-refractivity contribution < 1.29 is 13.9 Å². The van der Waals surface area contributed by atoms with Crippen LogP contribution in [0.3, 0.4) is 0 Å². The average molecular weight is 332 g/mol. The summed E-state index contributed by atoms with van der Waals surface area (Å²) in [5.41, 5.74) is 0.152. The van der Waals surface area contributed by atoms with E-state index in [4.69, 9.17) is 27.9 Å². The summed E-state index contributed by atoms with van der Waals surface area (Å²) in [4.78, 5) is 12.3. The van der Waals surface area contributed by atoms with E-state index < -0.39 is 15.8 Å². The minimum absolute atomic E-state index is 0.175. The fraction of sp³-hybridized carbons (Fsp3) is 0.533. The van der Waals surface area contributed by atoms with Crippen LogP contribution in [0.1, 0.15) is 24.8 Å². The second-order valence-corrected chi connectivity index (χ2v) is 7.25. The summed E-state index contributed by atoms with van der Waals surface area (Å²) in [6.07, 6.45) is 1.66. The van der Waals surface area contributed by atoms with Crippen molar-refractivity contribution in [3.05, 3.63) is 35.6 Å². The van der Waals surface area contributed by atoms with Gasteiger partial charge in [0.05, 0.1) is 11.5 Å². The molecule has 0 bridgehead atoms. The molecule has 1 amide bonds.